The molecular weight excluding hydrogens is 332 g/mol. The first-order chi connectivity index (χ1) is 8.38. The second kappa shape index (κ2) is 11.1. The van der Waals surface area contributed by atoms with Crippen LogP contribution in [0.5, 0.6) is 5.75 Å². The maximum Gasteiger partial charge on any atom is 1.00 e. The molecule has 0 unspecified atom stereocenters. The number of nitrogens with one attached hydrogen (secondary N) is 1. The molecule has 0 radical (unpaired) electrons. The molecule has 1 amide bonds. The van der Waals surface area contributed by atoms with Gasteiger partial charge in [-0.05, 0) is 12.5 Å². The summed E-state index contributed by atoms with van der Waals surface area (Å²) in [6.07, 6.45) is -0.775. The van der Waals surface area contributed by atoms with Gasteiger partial charge in [0.2, 0.25) is 5.82 Å². The monoisotopic (exact) mass is 339 g/mol. The number of ether oxygens (including phenoxy) is 1. The number of benzene rings is 1. The fourth-order valence-corrected chi connectivity index (χ4v) is 1.22. The summed E-state index contributed by atoms with van der Waals surface area (Å²) in [7, 11) is -1.37. The average molecular weight is 339 g/mol. The van der Waals surface area contributed by atoms with Gasteiger partial charge in [0.05, 0.1) is 12.7 Å². The van der Waals surface area contributed by atoms with Gasteiger partial charge in [0.15, 0.2) is 17.4 Å². The zero-order valence-corrected chi connectivity index (χ0v) is 17.4. The minimum Gasteiger partial charge on any atom is -0.892 e. The Kier molecular flexibility index (Phi) is 13.2. The molecule has 0 fully saturated rings. The molecule has 98 valence electrons. The first kappa shape index (κ1) is 23.8. The third kappa shape index (κ3) is 6.34. The Labute approximate surface area is 198 Å². The Balaban J connectivity index is 0. The van der Waals surface area contributed by atoms with Gasteiger partial charge in [-0.3, -0.25) is 4.79 Å². The van der Waals surface area contributed by atoms with Crippen molar-refractivity contribution in [1.82, 2.24) is 5.32 Å². The van der Waals surface area contributed by atoms with Crippen molar-refractivity contribution in [2.75, 3.05) is 13.6 Å². The minimum absolute atomic E-state index is 0. The van der Waals surface area contributed by atoms with Crippen molar-refractivity contribution < 1.29 is 136 Å². The molecule has 0 heterocycles. The predicted molar refractivity (Wildman–Crippen MR) is 51.0 cm³/mol. The molecule has 0 saturated heterocycles. The average Bonchev–Trinajstić information content (AvgIpc) is 2.32. The van der Waals surface area contributed by atoms with Crippen LogP contribution in [0.25, 0.3) is 0 Å². The molecule has 5 nitrogen and oxygen atoms in total. The number of hydrogen-bond donors (Lipinski definition) is 1. The Hall–Kier alpha value is 1.54. The fraction of sp³-hybridized carbons (Fsp3) is 0.222. The molecule has 0 aliphatic rings. The third-order valence-electron chi connectivity index (χ3n) is 2.00. The zero-order chi connectivity index (χ0) is 13.9. The van der Waals surface area contributed by atoms with E-state index >= 15 is 0 Å². The molecule has 1 rings (SSSR count). The zero-order valence-electron chi connectivity index (χ0n) is 11.1. The van der Waals surface area contributed by atoms with E-state index in [-0.39, 0.29) is 103 Å². The van der Waals surface area contributed by atoms with E-state index in [0.29, 0.717) is 6.07 Å². The minimum atomic E-state index is -2.32. The van der Waals surface area contributed by atoms with Crippen molar-refractivity contribution in [1.29, 1.82) is 0 Å². The molecule has 0 atom stereocenters. The van der Waals surface area contributed by atoms with Gasteiger partial charge in [-0.15, -0.1) is 0 Å². The van der Waals surface area contributed by atoms with Gasteiger partial charge >= 0.3 is 103 Å². The standard InChI is InChI=1S/C9H7BF3NO4.2K/c1-18-8-4(9(15)14-3-10(16)17)2-5(11)6(12)7(8)13;;/h2H,3H2,1H3,(H,14,15);;/q-2;2*+1. The Morgan fingerprint density at radius 1 is 1.30 bits per heavy atom. The molecule has 0 spiro atoms. The van der Waals surface area contributed by atoms with E-state index in [1.807, 2.05) is 5.32 Å². The normalized spacial score (nSPS) is 9.10. The van der Waals surface area contributed by atoms with Crippen molar-refractivity contribution in [2.45, 2.75) is 0 Å². The van der Waals surface area contributed by atoms with Gasteiger partial charge in [0, 0.05) is 0 Å². The summed E-state index contributed by atoms with van der Waals surface area (Å²) in [5.74, 6) is -6.95. The summed E-state index contributed by atoms with van der Waals surface area (Å²) in [6.45, 7) is 0. The van der Waals surface area contributed by atoms with Crippen LogP contribution < -0.4 is 123 Å². The van der Waals surface area contributed by atoms with Gasteiger partial charge in [-0.1, -0.05) is 7.12 Å². The van der Waals surface area contributed by atoms with Crippen molar-refractivity contribution in [3.05, 3.63) is 29.1 Å². The number of hydrogen-bond acceptors (Lipinski definition) is 4. The van der Waals surface area contributed by atoms with Crippen LogP contribution in [0.3, 0.4) is 0 Å². The van der Waals surface area contributed by atoms with Crippen LogP contribution in [-0.4, -0.2) is 26.6 Å². The van der Waals surface area contributed by atoms with E-state index in [9.17, 15) is 28.0 Å². The number of carbonyl (C=O) groups is 1. The summed E-state index contributed by atoms with van der Waals surface area (Å²) in [6, 6.07) is 0.414. The second-order valence-electron chi connectivity index (χ2n) is 3.21. The number of halogens is 3. The van der Waals surface area contributed by atoms with E-state index in [1.54, 1.807) is 0 Å². The van der Waals surface area contributed by atoms with Crippen molar-refractivity contribution >= 4 is 13.0 Å². The van der Waals surface area contributed by atoms with Crippen LogP contribution >= 0.6 is 0 Å². The Morgan fingerprint density at radius 3 is 2.30 bits per heavy atom. The maximum atomic E-state index is 13.2. The summed E-state index contributed by atoms with van der Waals surface area (Å²) in [4.78, 5) is 11.4. The van der Waals surface area contributed by atoms with Crippen LogP contribution in [0, 0.1) is 17.5 Å². The van der Waals surface area contributed by atoms with Crippen LogP contribution in [0.1, 0.15) is 10.4 Å². The molecule has 0 saturated carbocycles. The van der Waals surface area contributed by atoms with Gasteiger partial charge < -0.3 is 20.1 Å². The van der Waals surface area contributed by atoms with Gasteiger partial charge in [0.25, 0.3) is 5.91 Å². The first-order valence-electron chi connectivity index (χ1n) is 4.69. The largest absolute Gasteiger partial charge is 1.00 e. The third-order valence-corrected chi connectivity index (χ3v) is 2.00. The predicted octanol–water partition coefficient (Wildman–Crippen LogP) is -7.40. The van der Waals surface area contributed by atoms with E-state index in [4.69, 9.17) is 0 Å². The van der Waals surface area contributed by atoms with Gasteiger partial charge in [-0.2, -0.15) is 4.39 Å². The molecule has 0 aliphatic carbocycles. The topological polar surface area (TPSA) is 84.5 Å². The summed E-state index contributed by atoms with van der Waals surface area (Å²) in [5, 5.41) is 22.2. The molecule has 1 aromatic carbocycles. The summed E-state index contributed by atoms with van der Waals surface area (Å²) in [5.41, 5.74) is -0.644. The van der Waals surface area contributed by atoms with Crippen LogP contribution in [0.4, 0.5) is 13.2 Å². The Morgan fingerprint density at radius 2 is 1.85 bits per heavy atom. The van der Waals surface area contributed by atoms with Crippen molar-refractivity contribution in [3.8, 4) is 5.75 Å². The molecule has 1 aromatic rings. The fourth-order valence-electron chi connectivity index (χ4n) is 1.22. The Bertz CT molecular complexity index is 479. The number of carbonyl (C=O) groups excluding carboxylic acids is 1. The molecule has 0 aromatic heterocycles. The van der Waals surface area contributed by atoms with Crippen LogP contribution in [-0.2, 0) is 0 Å². The van der Waals surface area contributed by atoms with Gasteiger partial charge in [-0.25, -0.2) is 8.78 Å². The second-order valence-corrected chi connectivity index (χ2v) is 3.21. The SMILES string of the molecule is COc1c(C(=O)NCB([O-])[O-])cc(F)c(F)c1F.[K+].[K+]. The molecule has 1 N–H and O–H groups in total. The number of methoxy groups -OCH3 is 1. The van der Waals surface area contributed by atoms with Crippen LogP contribution in [0.2, 0.25) is 0 Å². The summed E-state index contributed by atoms with van der Waals surface area (Å²) >= 11 is 0. The van der Waals surface area contributed by atoms with E-state index in [0.717, 1.165) is 7.11 Å². The quantitative estimate of drug-likeness (QED) is 0.436. The number of amides is 1. The van der Waals surface area contributed by atoms with Gasteiger partial charge in [0.1, 0.15) is 0 Å². The summed E-state index contributed by atoms with van der Waals surface area (Å²) < 4.78 is 43.5. The molecular formula is C9H7BF3K2NO4. The molecule has 20 heavy (non-hydrogen) atoms. The van der Waals surface area contributed by atoms with E-state index in [2.05, 4.69) is 4.74 Å². The molecule has 0 aliphatic heterocycles. The van der Waals surface area contributed by atoms with Crippen molar-refractivity contribution in [2.24, 2.45) is 0 Å². The van der Waals surface area contributed by atoms with Crippen LogP contribution in [0.15, 0.2) is 6.07 Å². The first-order valence-corrected chi connectivity index (χ1v) is 4.69. The van der Waals surface area contributed by atoms with Crippen molar-refractivity contribution in [3.63, 3.8) is 0 Å². The molecule has 0 bridgehead atoms. The van der Waals surface area contributed by atoms with E-state index in [1.165, 1.54) is 0 Å². The number of rotatable bonds is 4. The maximum absolute atomic E-state index is 13.2. The smallest absolute Gasteiger partial charge is 0.892 e. The molecule has 11 heteroatoms. The van der Waals surface area contributed by atoms with E-state index < -0.39 is 48.2 Å².